The summed E-state index contributed by atoms with van der Waals surface area (Å²) in [6.07, 6.45) is 0.00711. The molecule has 0 fully saturated rings. The van der Waals surface area contributed by atoms with Crippen molar-refractivity contribution in [3.05, 3.63) is 0 Å². The van der Waals surface area contributed by atoms with Gasteiger partial charge in [-0.2, -0.15) is 0 Å². The van der Waals surface area contributed by atoms with Gasteiger partial charge in [-0.1, -0.05) is 6.92 Å². The molecule has 0 aromatic rings. The van der Waals surface area contributed by atoms with Crippen LogP contribution in [0.4, 0.5) is 0 Å². The number of esters is 1. The highest BCUT2D eigenvalue weighted by Crippen LogP contribution is 1.97. The topological polar surface area (TPSA) is 46.5 Å². The maximum Gasteiger partial charge on any atom is 0.308 e. The second-order valence-electron chi connectivity index (χ2n) is 2.23. The highest BCUT2D eigenvalue weighted by molar-refractivity contribution is 6.18. The van der Waals surface area contributed by atoms with Crippen molar-refractivity contribution < 1.29 is 14.6 Å². The van der Waals surface area contributed by atoms with E-state index in [0.717, 1.165) is 6.42 Å². The van der Waals surface area contributed by atoms with Crippen molar-refractivity contribution in [1.29, 1.82) is 0 Å². The molecule has 0 aliphatic heterocycles. The molecule has 3 nitrogen and oxygen atoms in total. The van der Waals surface area contributed by atoms with E-state index in [1.54, 1.807) is 0 Å². The normalized spacial score (nSPS) is 12.6. The van der Waals surface area contributed by atoms with Gasteiger partial charge in [0.1, 0.15) is 0 Å². The van der Waals surface area contributed by atoms with E-state index < -0.39 is 6.10 Å². The molecule has 0 radical (unpaired) electrons. The van der Waals surface area contributed by atoms with Crippen molar-refractivity contribution in [3.8, 4) is 0 Å². The van der Waals surface area contributed by atoms with E-state index >= 15 is 0 Å². The van der Waals surface area contributed by atoms with Crippen LogP contribution in [0.15, 0.2) is 0 Å². The molecule has 1 atom stereocenters. The van der Waals surface area contributed by atoms with Crippen LogP contribution in [0, 0.1) is 0 Å². The standard InChI is InChI=1S/C7H13ClO3/c1-2-3-11-7(10)4-6(9)5-8/h6,9H,2-5H2,1H3/t6-/m1/s1. The lowest BCUT2D eigenvalue weighted by molar-refractivity contribution is -0.145. The summed E-state index contributed by atoms with van der Waals surface area (Å²) in [5.74, 6) is -0.318. The summed E-state index contributed by atoms with van der Waals surface area (Å²) in [6, 6.07) is 0. The lowest BCUT2D eigenvalue weighted by Crippen LogP contribution is -2.17. The maximum absolute atomic E-state index is 10.7. The first-order valence-corrected chi connectivity index (χ1v) is 4.13. The zero-order valence-corrected chi connectivity index (χ0v) is 7.30. The Morgan fingerprint density at radius 3 is 2.82 bits per heavy atom. The second-order valence-corrected chi connectivity index (χ2v) is 2.54. The molecule has 0 rings (SSSR count). The predicted octanol–water partition coefficient (Wildman–Crippen LogP) is 0.929. The third-order valence-electron chi connectivity index (χ3n) is 1.05. The Hall–Kier alpha value is -0.280. The van der Waals surface area contributed by atoms with E-state index in [4.69, 9.17) is 21.4 Å². The van der Waals surface area contributed by atoms with Crippen LogP contribution in [-0.4, -0.2) is 29.7 Å². The smallest absolute Gasteiger partial charge is 0.308 e. The van der Waals surface area contributed by atoms with Crippen LogP contribution in [0.1, 0.15) is 19.8 Å². The Kier molecular flexibility index (Phi) is 6.27. The molecule has 66 valence electrons. The number of alkyl halides is 1. The molecule has 11 heavy (non-hydrogen) atoms. The van der Waals surface area contributed by atoms with E-state index in [9.17, 15) is 4.79 Å². The zero-order valence-electron chi connectivity index (χ0n) is 6.55. The maximum atomic E-state index is 10.7. The van der Waals surface area contributed by atoms with Crippen LogP contribution in [0.2, 0.25) is 0 Å². The number of rotatable bonds is 5. The lowest BCUT2D eigenvalue weighted by Gasteiger charge is -2.05. The van der Waals surface area contributed by atoms with Gasteiger partial charge >= 0.3 is 5.97 Å². The minimum absolute atomic E-state index is 0.0104. The fourth-order valence-electron chi connectivity index (χ4n) is 0.522. The van der Waals surface area contributed by atoms with Gasteiger partial charge in [0.25, 0.3) is 0 Å². The molecular formula is C7H13ClO3. The van der Waals surface area contributed by atoms with Gasteiger partial charge in [0.2, 0.25) is 0 Å². The quantitative estimate of drug-likeness (QED) is 0.506. The van der Waals surface area contributed by atoms with Gasteiger partial charge in [-0.3, -0.25) is 4.79 Å². The highest BCUT2D eigenvalue weighted by atomic mass is 35.5. The molecule has 0 saturated carbocycles. The first-order valence-electron chi connectivity index (χ1n) is 3.60. The molecule has 1 N–H and O–H groups in total. The fraction of sp³-hybridized carbons (Fsp3) is 0.857. The second kappa shape index (κ2) is 6.43. The number of carbonyl (C=O) groups excluding carboxylic acids is 1. The van der Waals surface area contributed by atoms with Crippen LogP contribution in [0.25, 0.3) is 0 Å². The van der Waals surface area contributed by atoms with Gasteiger partial charge in [0, 0.05) is 5.88 Å². The van der Waals surface area contributed by atoms with Crippen molar-refractivity contribution in [1.82, 2.24) is 0 Å². The van der Waals surface area contributed by atoms with Crippen LogP contribution in [-0.2, 0) is 9.53 Å². The first kappa shape index (κ1) is 10.7. The molecule has 0 spiro atoms. The first-order chi connectivity index (χ1) is 5.20. The molecule has 0 aromatic heterocycles. The summed E-state index contributed by atoms with van der Waals surface area (Å²) >= 11 is 5.27. The predicted molar refractivity (Wildman–Crippen MR) is 42.6 cm³/mol. The number of aliphatic hydroxyl groups excluding tert-OH is 1. The van der Waals surface area contributed by atoms with E-state index in [0.29, 0.717) is 6.61 Å². The third-order valence-corrected chi connectivity index (χ3v) is 1.40. The Morgan fingerprint density at radius 1 is 1.73 bits per heavy atom. The molecule has 0 saturated heterocycles. The van der Waals surface area contributed by atoms with Gasteiger partial charge in [-0.25, -0.2) is 0 Å². The van der Waals surface area contributed by atoms with Crippen LogP contribution in [0.5, 0.6) is 0 Å². The van der Waals surface area contributed by atoms with Crippen LogP contribution >= 0.6 is 11.6 Å². The Morgan fingerprint density at radius 2 is 2.36 bits per heavy atom. The molecule has 0 aliphatic rings. The Bertz CT molecular complexity index is 116. The summed E-state index contributed by atoms with van der Waals surface area (Å²) < 4.78 is 4.71. The van der Waals surface area contributed by atoms with Gasteiger partial charge < -0.3 is 9.84 Å². The number of carbonyl (C=O) groups is 1. The molecule has 0 unspecified atom stereocenters. The zero-order chi connectivity index (χ0) is 8.69. The van der Waals surface area contributed by atoms with Gasteiger partial charge in [0.05, 0.1) is 19.1 Å². The summed E-state index contributed by atoms with van der Waals surface area (Å²) in [7, 11) is 0. The SMILES string of the molecule is CCCOC(=O)C[C@@H](O)CCl. The number of ether oxygens (including phenoxy) is 1. The summed E-state index contributed by atoms with van der Waals surface area (Å²) in [6.45, 7) is 2.32. The molecular weight excluding hydrogens is 168 g/mol. The van der Waals surface area contributed by atoms with E-state index in [2.05, 4.69) is 0 Å². The van der Waals surface area contributed by atoms with Crippen molar-refractivity contribution >= 4 is 17.6 Å². The molecule has 0 heterocycles. The number of halogens is 1. The number of aliphatic hydroxyl groups is 1. The van der Waals surface area contributed by atoms with Crippen molar-refractivity contribution in [2.24, 2.45) is 0 Å². The average Bonchev–Trinajstić information content (AvgIpc) is 2.00. The summed E-state index contributed by atoms with van der Waals surface area (Å²) in [5, 5.41) is 8.89. The third kappa shape index (κ3) is 6.13. The number of hydrogen-bond donors (Lipinski definition) is 1. The fourth-order valence-corrected chi connectivity index (χ4v) is 0.631. The van der Waals surface area contributed by atoms with Gasteiger partial charge in [-0.15, -0.1) is 11.6 Å². The van der Waals surface area contributed by atoms with E-state index in [1.165, 1.54) is 0 Å². The van der Waals surface area contributed by atoms with Crippen molar-refractivity contribution in [2.75, 3.05) is 12.5 Å². The van der Waals surface area contributed by atoms with Gasteiger partial charge in [-0.05, 0) is 6.42 Å². The molecule has 0 aliphatic carbocycles. The van der Waals surface area contributed by atoms with E-state index in [-0.39, 0.29) is 18.3 Å². The lowest BCUT2D eigenvalue weighted by atomic mass is 10.3. The molecule has 0 aromatic carbocycles. The van der Waals surface area contributed by atoms with Crippen LogP contribution in [0.3, 0.4) is 0 Å². The molecule has 0 amide bonds. The van der Waals surface area contributed by atoms with Crippen molar-refractivity contribution in [2.45, 2.75) is 25.9 Å². The van der Waals surface area contributed by atoms with Crippen molar-refractivity contribution in [3.63, 3.8) is 0 Å². The van der Waals surface area contributed by atoms with Crippen LogP contribution < -0.4 is 0 Å². The van der Waals surface area contributed by atoms with Gasteiger partial charge in [0.15, 0.2) is 0 Å². The minimum Gasteiger partial charge on any atom is -0.466 e. The summed E-state index contributed by atoms with van der Waals surface area (Å²) in [4.78, 5) is 10.7. The summed E-state index contributed by atoms with van der Waals surface area (Å²) in [5.41, 5.74) is 0. The Balaban J connectivity index is 3.36. The monoisotopic (exact) mass is 180 g/mol. The average molecular weight is 181 g/mol. The number of hydrogen-bond acceptors (Lipinski definition) is 3. The van der Waals surface area contributed by atoms with E-state index in [1.807, 2.05) is 6.92 Å². The molecule has 4 heteroatoms. The minimum atomic E-state index is -0.777. The largest absolute Gasteiger partial charge is 0.466 e. The highest BCUT2D eigenvalue weighted by Gasteiger charge is 2.09. The molecule has 0 bridgehead atoms. The Labute approximate surface area is 71.3 Å².